The zero-order valence-electron chi connectivity index (χ0n) is 20.1. The zero-order chi connectivity index (χ0) is 26.7. The van der Waals surface area contributed by atoms with Crippen molar-refractivity contribution >= 4 is 0 Å². The molecule has 2 heterocycles. The first-order valence-corrected chi connectivity index (χ1v) is 12.1. The van der Waals surface area contributed by atoms with E-state index >= 15 is 0 Å². The van der Waals surface area contributed by atoms with E-state index in [2.05, 4.69) is 11.7 Å². The van der Waals surface area contributed by atoms with E-state index < -0.39 is 52.8 Å². The molecular formula is C26H27F7O4. The van der Waals surface area contributed by atoms with Crippen LogP contribution in [0.2, 0.25) is 0 Å². The molecule has 2 saturated heterocycles. The molecule has 2 aliphatic rings. The summed E-state index contributed by atoms with van der Waals surface area (Å²) in [6.45, 7) is 3.19. The number of hydrogen-bond donors (Lipinski definition) is 0. The van der Waals surface area contributed by atoms with Gasteiger partial charge in [-0.15, -0.1) is 0 Å². The van der Waals surface area contributed by atoms with Gasteiger partial charge in [0.25, 0.3) is 0 Å². The lowest BCUT2D eigenvalue weighted by atomic mass is 9.89. The fourth-order valence-electron chi connectivity index (χ4n) is 4.64. The largest absolute Gasteiger partial charge is 0.432 e. The first-order valence-electron chi connectivity index (χ1n) is 12.1. The molecule has 0 amide bonds. The van der Waals surface area contributed by atoms with Gasteiger partial charge in [-0.1, -0.05) is 19.8 Å². The third kappa shape index (κ3) is 6.38. The van der Waals surface area contributed by atoms with Crippen LogP contribution in [0.5, 0.6) is 5.75 Å². The summed E-state index contributed by atoms with van der Waals surface area (Å²) < 4.78 is 119. The summed E-state index contributed by atoms with van der Waals surface area (Å²) in [5, 5.41) is 0. The maximum absolute atomic E-state index is 14.6. The van der Waals surface area contributed by atoms with Crippen molar-refractivity contribution in [2.75, 3.05) is 19.8 Å². The fourth-order valence-corrected chi connectivity index (χ4v) is 4.64. The van der Waals surface area contributed by atoms with E-state index in [9.17, 15) is 30.7 Å². The standard InChI is InChI=1S/C26H27F7O4/c1-2-3-4-14-5-6-22(34-11-14)16-12-35-25(36-13-16)15-7-18(27)23(19(28)8-15)26(32,33)37-17-9-20(29)24(31)21(30)10-17/h7-10,14,16,22,25H,2-6,11-13H2,1H3. The Kier molecular flexibility index (Phi) is 8.65. The summed E-state index contributed by atoms with van der Waals surface area (Å²) in [7, 11) is 0. The van der Waals surface area contributed by atoms with Crippen LogP contribution in [0.25, 0.3) is 0 Å². The van der Waals surface area contributed by atoms with Crippen LogP contribution in [0, 0.1) is 40.9 Å². The maximum Gasteiger partial charge on any atom is 0.432 e. The molecule has 2 atom stereocenters. The molecule has 2 unspecified atom stereocenters. The molecule has 2 fully saturated rings. The predicted molar refractivity (Wildman–Crippen MR) is 117 cm³/mol. The average Bonchev–Trinajstić information content (AvgIpc) is 2.85. The van der Waals surface area contributed by atoms with E-state index in [0.29, 0.717) is 24.7 Å². The molecule has 2 aromatic rings. The van der Waals surface area contributed by atoms with Gasteiger partial charge in [0.15, 0.2) is 23.7 Å². The zero-order valence-corrected chi connectivity index (χ0v) is 20.1. The lowest BCUT2D eigenvalue weighted by Gasteiger charge is -2.38. The van der Waals surface area contributed by atoms with Crippen LogP contribution < -0.4 is 4.74 Å². The SMILES string of the molecule is CCCCC1CCC(C2COC(c3cc(F)c(C(F)(F)Oc4cc(F)c(F)c(F)c4)c(F)c3)OC2)OC1. The van der Waals surface area contributed by atoms with Gasteiger partial charge in [0, 0.05) is 30.2 Å². The van der Waals surface area contributed by atoms with E-state index in [4.69, 9.17) is 14.2 Å². The molecule has 11 heteroatoms. The second-order valence-electron chi connectivity index (χ2n) is 9.40. The lowest BCUT2D eigenvalue weighted by Crippen LogP contribution is -2.40. The number of halogens is 7. The van der Waals surface area contributed by atoms with Gasteiger partial charge in [0.1, 0.15) is 22.9 Å². The second kappa shape index (κ2) is 11.6. The summed E-state index contributed by atoms with van der Waals surface area (Å²) in [6.07, 6.45) is -0.623. The van der Waals surface area contributed by atoms with Crippen molar-refractivity contribution in [3.63, 3.8) is 0 Å². The normalized spacial score (nSPS) is 24.8. The predicted octanol–water partition coefficient (Wildman–Crippen LogP) is 7.16. The Labute approximate surface area is 209 Å². The molecule has 0 saturated carbocycles. The van der Waals surface area contributed by atoms with Gasteiger partial charge in [0.2, 0.25) is 0 Å². The Morgan fingerprint density at radius 1 is 0.838 bits per heavy atom. The van der Waals surface area contributed by atoms with E-state index in [1.54, 1.807) is 0 Å². The minimum absolute atomic E-state index is 0.0633. The minimum atomic E-state index is -4.67. The van der Waals surface area contributed by atoms with Crippen LogP contribution in [0.4, 0.5) is 30.7 Å². The van der Waals surface area contributed by atoms with E-state index in [0.717, 1.165) is 32.1 Å². The van der Waals surface area contributed by atoms with Gasteiger partial charge < -0.3 is 18.9 Å². The van der Waals surface area contributed by atoms with Gasteiger partial charge in [0.05, 0.1) is 19.3 Å². The van der Waals surface area contributed by atoms with Gasteiger partial charge in [-0.3, -0.25) is 0 Å². The molecule has 2 aliphatic heterocycles. The van der Waals surface area contributed by atoms with Crippen molar-refractivity contribution in [1.82, 2.24) is 0 Å². The first kappa shape index (κ1) is 27.7. The van der Waals surface area contributed by atoms with Crippen molar-refractivity contribution in [3.8, 4) is 5.75 Å². The Hall–Kier alpha value is -2.37. The van der Waals surface area contributed by atoms with Gasteiger partial charge >= 0.3 is 6.11 Å². The van der Waals surface area contributed by atoms with E-state index in [1.165, 1.54) is 0 Å². The number of hydrogen-bond acceptors (Lipinski definition) is 4. The quantitative estimate of drug-likeness (QED) is 0.265. The monoisotopic (exact) mass is 536 g/mol. The molecule has 0 N–H and O–H groups in total. The van der Waals surface area contributed by atoms with Crippen LogP contribution in [0.15, 0.2) is 24.3 Å². The number of alkyl halides is 2. The third-order valence-electron chi connectivity index (χ3n) is 6.65. The molecule has 0 radical (unpaired) electrons. The summed E-state index contributed by atoms with van der Waals surface area (Å²) in [5.74, 6) is -9.59. The number of ether oxygens (including phenoxy) is 4. The highest BCUT2D eigenvalue weighted by molar-refractivity contribution is 5.32. The molecule has 0 aliphatic carbocycles. The van der Waals surface area contributed by atoms with Crippen LogP contribution >= 0.6 is 0 Å². The van der Waals surface area contributed by atoms with E-state index in [-0.39, 0.29) is 42.9 Å². The van der Waals surface area contributed by atoms with Crippen molar-refractivity contribution in [3.05, 3.63) is 64.5 Å². The highest BCUT2D eigenvalue weighted by Crippen LogP contribution is 2.38. The molecule has 2 aromatic carbocycles. The molecular weight excluding hydrogens is 509 g/mol. The van der Waals surface area contributed by atoms with Crippen LogP contribution in [0.3, 0.4) is 0 Å². The highest BCUT2D eigenvalue weighted by Gasteiger charge is 2.42. The smallest absolute Gasteiger partial charge is 0.429 e. The van der Waals surface area contributed by atoms with E-state index in [1.807, 2.05) is 0 Å². The molecule has 0 bridgehead atoms. The maximum atomic E-state index is 14.6. The third-order valence-corrected chi connectivity index (χ3v) is 6.65. The Bertz CT molecular complexity index is 1030. The molecule has 0 aromatic heterocycles. The second-order valence-corrected chi connectivity index (χ2v) is 9.40. The molecule has 4 nitrogen and oxygen atoms in total. The molecule has 204 valence electrons. The highest BCUT2D eigenvalue weighted by atomic mass is 19.3. The van der Waals surface area contributed by atoms with Gasteiger partial charge in [-0.25, -0.2) is 22.0 Å². The topological polar surface area (TPSA) is 36.9 Å². The Balaban J connectivity index is 1.39. The minimum Gasteiger partial charge on any atom is -0.429 e. The summed E-state index contributed by atoms with van der Waals surface area (Å²) in [6, 6.07) is 1.50. The van der Waals surface area contributed by atoms with Crippen LogP contribution in [-0.2, 0) is 20.3 Å². The van der Waals surface area contributed by atoms with Crippen LogP contribution in [-0.4, -0.2) is 25.9 Å². The van der Waals surface area contributed by atoms with Gasteiger partial charge in [-0.2, -0.15) is 8.78 Å². The lowest BCUT2D eigenvalue weighted by molar-refractivity contribution is -0.228. The van der Waals surface area contributed by atoms with Crippen molar-refractivity contribution in [1.29, 1.82) is 0 Å². The number of benzene rings is 2. The number of rotatable bonds is 8. The first-order chi connectivity index (χ1) is 17.6. The summed E-state index contributed by atoms with van der Waals surface area (Å²) in [5.41, 5.74) is -1.96. The van der Waals surface area contributed by atoms with Gasteiger partial charge in [-0.05, 0) is 37.3 Å². The Morgan fingerprint density at radius 3 is 2.00 bits per heavy atom. The molecule has 0 spiro atoms. The number of unbranched alkanes of at least 4 members (excludes halogenated alkanes) is 1. The fraction of sp³-hybridized carbons (Fsp3) is 0.538. The van der Waals surface area contributed by atoms with Crippen molar-refractivity contribution in [2.45, 2.75) is 57.5 Å². The summed E-state index contributed by atoms with van der Waals surface area (Å²) >= 11 is 0. The molecule has 37 heavy (non-hydrogen) atoms. The molecule has 4 rings (SSSR count). The van der Waals surface area contributed by atoms with Crippen LogP contribution in [0.1, 0.15) is 56.4 Å². The average molecular weight is 536 g/mol. The summed E-state index contributed by atoms with van der Waals surface area (Å²) in [4.78, 5) is 0. The Morgan fingerprint density at radius 2 is 1.46 bits per heavy atom. The van der Waals surface area contributed by atoms with Crippen molar-refractivity contribution in [2.24, 2.45) is 11.8 Å². The van der Waals surface area contributed by atoms with Crippen molar-refractivity contribution < 1.29 is 49.7 Å².